The van der Waals surface area contributed by atoms with E-state index < -0.39 is 0 Å². The normalized spacial score (nSPS) is 10.7. The molecule has 0 spiro atoms. The van der Waals surface area contributed by atoms with Gasteiger partial charge >= 0.3 is 0 Å². The van der Waals surface area contributed by atoms with Crippen molar-refractivity contribution in [2.24, 2.45) is 0 Å². The van der Waals surface area contributed by atoms with E-state index in [0.29, 0.717) is 18.1 Å². The molecule has 0 amide bonds. The predicted octanol–water partition coefficient (Wildman–Crippen LogP) is 2.87. The van der Waals surface area contributed by atoms with Crippen molar-refractivity contribution in [1.29, 1.82) is 0 Å². The average Bonchev–Trinajstić information content (AvgIpc) is 2.98. The highest BCUT2D eigenvalue weighted by Gasteiger charge is 2.12. The maximum absolute atomic E-state index is 5.93. The first-order valence-corrected chi connectivity index (χ1v) is 6.87. The van der Waals surface area contributed by atoms with Gasteiger partial charge < -0.3 is 10.3 Å². The van der Waals surface area contributed by atoms with Crippen molar-refractivity contribution in [1.82, 2.24) is 15.1 Å². The van der Waals surface area contributed by atoms with Gasteiger partial charge in [-0.3, -0.25) is 4.98 Å². The molecule has 5 nitrogen and oxygen atoms in total. The lowest BCUT2D eigenvalue weighted by atomic mass is 10.1. The van der Waals surface area contributed by atoms with Crippen molar-refractivity contribution in [2.45, 2.75) is 19.8 Å². The van der Waals surface area contributed by atoms with Crippen LogP contribution in [0.4, 0.5) is 5.69 Å². The zero-order valence-corrected chi connectivity index (χ0v) is 11.8. The Morgan fingerprint density at radius 3 is 2.81 bits per heavy atom. The molecule has 2 heterocycles. The predicted molar refractivity (Wildman–Crippen MR) is 80.6 cm³/mol. The van der Waals surface area contributed by atoms with E-state index in [4.69, 9.17) is 10.3 Å². The second-order valence-corrected chi connectivity index (χ2v) is 4.77. The summed E-state index contributed by atoms with van der Waals surface area (Å²) >= 11 is 0. The Morgan fingerprint density at radius 2 is 2.00 bits per heavy atom. The lowest BCUT2D eigenvalue weighted by Gasteiger charge is -2.01. The summed E-state index contributed by atoms with van der Waals surface area (Å²) in [6.45, 7) is 2.08. The van der Waals surface area contributed by atoms with Crippen molar-refractivity contribution in [3.63, 3.8) is 0 Å². The van der Waals surface area contributed by atoms with Gasteiger partial charge in [-0.2, -0.15) is 4.98 Å². The summed E-state index contributed by atoms with van der Waals surface area (Å²) in [5.74, 6) is 1.15. The number of hydrogen-bond acceptors (Lipinski definition) is 5. The molecule has 3 rings (SSSR count). The zero-order valence-electron chi connectivity index (χ0n) is 11.8. The van der Waals surface area contributed by atoms with Crippen molar-refractivity contribution in [3.8, 4) is 11.4 Å². The molecule has 1 aromatic carbocycles. The van der Waals surface area contributed by atoms with E-state index in [-0.39, 0.29) is 0 Å². The first-order valence-electron chi connectivity index (χ1n) is 6.87. The van der Waals surface area contributed by atoms with Crippen molar-refractivity contribution >= 4 is 5.69 Å². The Morgan fingerprint density at radius 1 is 1.14 bits per heavy atom. The molecule has 5 heteroatoms. The molecule has 0 aliphatic heterocycles. The fourth-order valence-corrected chi connectivity index (χ4v) is 2.22. The maximum atomic E-state index is 5.93. The monoisotopic (exact) mass is 280 g/mol. The first kappa shape index (κ1) is 13.3. The van der Waals surface area contributed by atoms with E-state index in [1.807, 2.05) is 36.5 Å². The minimum Gasteiger partial charge on any atom is -0.398 e. The highest BCUT2D eigenvalue weighted by molar-refractivity contribution is 5.58. The summed E-state index contributed by atoms with van der Waals surface area (Å²) in [4.78, 5) is 8.59. The van der Waals surface area contributed by atoms with Gasteiger partial charge in [0.15, 0.2) is 0 Å². The minimum atomic E-state index is 0.534. The number of rotatable bonds is 4. The van der Waals surface area contributed by atoms with Gasteiger partial charge in [-0.15, -0.1) is 0 Å². The molecule has 0 saturated heterocycles. The molecular weight excluding hydrogens is 264 g/mol. The topological polar surface area (TPSA) is 77.8 Å². The average molecular weight is 280 g/mol. The number of hydrogen-bond donors (Lipinski definition) is 1. The fourth-order valence-electron chi connectivity index (χ4n) is 2.22. The third-order valence-corrected chi connectivity index (χ3v) is 3.39. The van der Waals surface area contributed by atoms with Crippen LogP contribution in [-0.2, 0) is 12.8 Å². The Kier molecular flexibility index (Phi) is 3.64. The first-order chi connectivity index (χ1) is 10.3. The van der Waals surface area contributed by atoms with Crippen LogP contribution in [-0.4, -0.2) is 15.1 Å². The molecular formula is C16H16N4O. The Bertz CT molecular complexity index is 751. The molecule has 106 valence electrons. The van der Waals surface area contributed by atoms with Crippen LogP contribution in [0.5, 0.6) is 0 Å². The van der Waals surface area contributed by atoms with E-state index in [0.717, 1.165) is 28.8 Å². The Hall–Kier alpha value is -2.69. The molecule has 0 saturated carbocycles. The van der Waals surface area contributed by atoms with Gasteiger partial charge in [0.05, 0.1) is 6.42 Å². The number of pyridine rings is 1. The summed E-state index contributed by atoms with van der Waals surface area (Å²) < 4.78 is 5.34. The van der Waals surface area contributed by atoms with Crippen molar-refractivity contribution in [2.75, 3.05) is 5.73 Å². The molecule has 0 fully saturated rings. The molecule has 2 aromatic heterocycles. The van der Waals surface area contributed by atoms with Crippen LogP contribution in [0.1, 0.15) is 23.9 Å². The summed E-state index contributed by atoms with van der Waals surface area (Å²) in [6, 6.07) is 9.59. The summed E-state index contributed by atoms with van der Waals surface area (Å²) in [5.41, 5.74) is 9.71. The SMILES string of the molecule is CCc1cnccc1-c1noc(Cc2ccccc2N)n1. The number of benzene rings is 1. The molecule has 0 aliphatic rings. The van der Waals surface area contributed by atoms with E-state index in [1.54, 1.807) is 6.20 Å². The fraction of sp³-hybridized carbons (Fsp3) is 0.188. The molecule has 0 radical (unpaired) electrons. The number of nitrogen functional groups attached to an aromatic ring is 1. The summed E-state index contributed by atoms with van der Waals surface area (Å²) in [7, 11) is 0. The van der Waals surface area contributed by atoms with Crippen LogP contribution in [0.2, 0.25) is 0 Å². The molecule has 0 unspecified atom stereocenters. The largest absolute Gasteiger partial charge is 0.398 e. The molecule has 0 atom stereocenters. The van der Waals surface area contributed by atoms with Gasteiger partial charge in [0.1, 0.15) is 0 Å². The maximum Gasteiger partial charge on any atom is 0.231 e. The number of aryl methyl sites for hydroxylation is 1. The third kappa shape index (κ3) is 2.76. The molecule has 0 aliphatic carbocycles. The minimum absolute atomic E-state index is 0.534. The molecule has 21 heavy (non-hydrogen) atoms. The van der Waals surface area contributed by atoms with Crippen molar-refractivity contribution in [3.05, 3.63) is 59.7 Å². The molecule has 0 bridgehead atoms. The lowest BCUT2D eigenvalue weighted by Crippen LogP contribution is -1.95. The third-order valence-electron chi connectivity index (χ3n) is 3.39. The molecule has 3 aromatic rings. The summed E-state index contributed by atoms with van der Waals surface area (Å²) in [6.07, 6.45) is 4.98. The zero-order chi connectivity index (χ0) is 14.7. The van der Waals surface area contributed by atoms with Crippen LogP contribution in [0, 0.1) is 0 Å². The van der Waals surface area contributed by atoms with Crippen LogP contribution >= 0.6 is 0 Å². The number of anilines is 1. The van der Waals surface area contributed by atoms with Gasteiger partial charge in [0.25, 0.3) is 0 Å². The van der Waals surface area contributed by atoms with Gasteiger partial charge in [0, 0.05) is 23.6 Å². The van der Waals surface area contributed by atoms with E-state index in [1.165, 1.54) is 0 Å². The highest BCUT2D eigenvalue weighted by atomic mass is 16.5. The quantitative estimate of drug-likeness (QED) is 0.743. The van der Waals surface area contributed by atoms with Crippen LogP contribution in [0.3, 0.4) is 0 Å². The van der Waals surface area contributed by atoms with Gasteiger partial charge in [0.2, 0.25) is 11.7 Å². The molecule has 2 N–H and O–H groups in total. The van der Waals surface area contributed by atoms with E-state index in [2.05, 4.69) is 22.0 Å². The Labute approximate surface area is 122 Å². The van der Waals surface area contributed by atoms with Crippen molar-refractivity contribution < 1.29 is 4.52 Å². The number of nitrogens with two attached hydrogens (primary N) is 1. The van der Waals surface area contributed by atoms with Crippen LogP contribution in [0.15, 0.2) is 47.2 Å². The highest BCUT2D eigenvalue weighted by Crippen LogP contribution is 2.22. The smallest absolute Gasteiger partial charge is 0.231 e. The van der Waals surface area contributed by atoms with Gasteiger partial charge in [-0.05, 0) is 29.7 Å². The second-order valence-electron chi connectivity index (χ2n) is 4.77. The standard InChI is InChI=1S/C16H16N4O/c1-2-11-10-18-8-7-13(11)16-19-15(21-20-16)9-12-5-3-4-6-14(12)17/h3-8,10H,2,9,17H2,1H3. The number of para-hydroxylation sites is 1. The van der Waals surface area contributed by atoms with Crippen LogP contribution in [0.25, 0.3) is 11.4 Å². The van der Waals surface area contributed by atoms with Gasteiger partial charge in [-0.1, -0.05) is 30.3 Å². The summed E-state index contributed by atoms with van der Waals surface area (Å²) in [5, 5.41) is 4.07. The number of nitrogens with zero attached hydrogens (tertiary/aromatic N) is 3. The van der Waals surface area contributed by atoms with Crippen LogP contribution < -0.4 is 5.73 Å². The number of aromatic nitrogens is 3. The van der Waals surface area contributed by atoms with E-state index in [9.17, 15) is 0 Å². The lowest BCUT2D eigenvalue weighted by molar-refractivity contribution is 0.386. The van der Waals surface area contributed by atoms with Gasteiger partial charge in [-0.25, -0.2) is 0 Å². The Balaban J connectivity index is 1.89. The van der Waals surface area contributed by atoms with E-state index >= 15 is 0 Å². The second kappa shape index (κ2) is 5.75.